The van der Waals surface area contributed by atoms with E-state index in [1.54, 1.807) is 4.90 Å². The summed E-state index contributed by atoms with van der Waals surface area (Å²) in [6.45, 7) is 8.11. The molecule has 4 heteroatoms. The second-order valence-corrected chi connectivity index (χ2v) is 4.81. The van der Waals surface area contributed by atoms with E-state index < -0.39 is 0 Å². The van der Waals surface area contributed by atoms with Gasteiger partial charge in [-0.25, -0.2) is 0 Å². The van der Waals surface area contributed by atoms with Gasteiger partial charge < -0.3 is 10.2 Å². The number of carbonyl (C=O) groups excluding carboxylic acids is 2. The summed E-state index contributed by atoms with van der Waals surface area (Å²) in [5.74, 6) is -0.227. The molecule has 0 aliphatic carbocycles. The van der Waals surface area contributed by atoms with E-state index in [0.29, 0.717) is 6.54 Å². The number of aryl methyl sites for hydroxylation is 2. The second kappa shape index (κ2) is 6.92. The van der Waals surface area contributed by atoms with Crippen LogP contribution >= 0.6 is 0 Å². The molecular formula is C15H22N2O2. The fourth-order valence-electron chi connectivity index (χ4n) is 1.85. The van der Waals surface area contributed by atoms with E-state index in [4.69, 9.17) is 0 Å². The monoisotopic (exact) mass is 262 g/mol. The van der Waals surface area contributed by atoms with Crippen LogP contribution in [0.5, 0.6) is 0 Å². The number of hydrogen-bond acceptors (Lipinski definition) is 2. The van der Waals surface area contributed by atoms with Gasteiger partial charge in [0.15, 0.2) is 0 Å². The Morgan fingerprint density at radius 3 is 2.53 bits per heavy atom. The second-order valence-electron chi connectivity index (χ2n) is 4.81. The molecule has 2 amide bonds. The molecule has 0 spiro atoms. The Balaban J connectivity index is 2.68. The highest BCUT2D eigenvalue weighted by molar-refractivity contribution is 5.94. The number of nitrogens with zero attached hydrogens (tertiary/aromatic N) is 1. The van der Waals surface area contributed by atoms with E-state index in [1.165, 1.54) is 6.92 Å². The van der Waals surface area contributed by atoms with Crippen LogP contribution in [-0.4, -0.2) is 29.8 Å². The largest absolute Gasteiger partial charge is 0.334 e. The van der Waals surface area contributed by atoms with Crippen molar-refractivity contribution >= 4 is 17.5 Å². The van der Waals surface area contributed by atoms with Gasteiger partial charge in [0, 0.05) is 19.2 Å². The van der Waals surface area contributed by atoms with Crippen LogP contribution in [0.3, 0.4) is 0 Å². The first-order valence-electron chi connectivity index (χ1n) is 6.56. The molecule has 0 bridgehead atoms. The summed E-state index contributed by atoms with van der Waals surface area (Å²) >= 11 is 0. The third-order valence-corrected chi connectivity index (χ3v) is 2.94. The Kier molecular flexibility index (Phi) is 5.55. The molecule has 19 heavy (non-hydrogen) atoms. The fraction of sp³-hybridized carbons (Fsp3) is 0.467. The minimum Gasteiger partial charge on any atom is -0.334 e. The van der Waals surface area contributed by atoms with Gasteiger partial charge in [0.1, 0.15) is 0 Å². The van der Waals surface area contributed by atoms with Crippen molar-refractivity contribution in [2.45, 2.75) is 34.1 Å². The van der Waals surface area contributed by atoms with Gasteiger partial charge in [-0.05, 0) is 37.5 Å². The van der Waals surface area contributed by atoms with Gasteiger partial charge in [-0.3, -0.25) is 9.59 Å². The third kappa shape index (κ3) is 4.73. The lowest BCUT2D eigenvalue weighted by atomic mass is 10.1. The lowest BCUT2D eigenvalue weighted by molar-refractivity contribution is -0.132. The van der Waals surface area contributed by atoms with Crippen LogP contribution in [0, 0.1) is 13.8 Å². The van der Waals surface area contributed by atoms with Crippen molar-refractivity contribution in [1.82, 2.24) is 4.90 Å². The average Bonchev–Trinajstić information content (AvgIpc) is 2.33. The standard InChI is InChI=1S/C15H22N2O2/c1-5-8-17(13(4)18)10-15(19)16-14-9-11(2)6-7-12(14)3/h6-7,9H,5,8,10H2,1-4H3,(H,16,19). The molecule has 4 nitrogen and oxygen atoms in total. The summed E-state index contributed by atoms with van der Waals surface area (Å²) in [5, 5.41) is 2.86. The molecule has 0 aliphatic heterocycles. The van der Waals surface area contributed by atoms with Crippen molar-refractivity contribution in [3.05, 3.63) is 29.3 Å². The van der Waals surface area contributed by atoms with Crippen molar-refractivity contribution < 1.29 is 9.59 Å². The predicted molar refractivity (Wildman–Crippen MR) is 77.1 cm³/mol. The van der Waals surface area contributed by atoms with Crippen molar-refractivity contribution in [2.75, 3.05) is 18.4 Å². The molecular weight excluding hydrogens is 240 g/mol. The lowest BCUT2D eigenvalue weighted by Gasteiger charge is -2.20. The van der Waals surface area contributed by atoms with E-state index in [9.17, 15) is 9.59 Å². The lowest BCUT2D eigenvalue weighted by Crippen LogP contribution is -2.37. The Labute approximate surface area is 114 Å². The summed E-state index contributed by atoms with van der Waals surface area (Å²) in [7, 11) is 0. The molecule has 0 aromatic heterocycles. The van der Waals surface area contributed by atoms with E-state index in [2.05, 4.69) is 5.32 Å². The van der Waals surface area contributed by atoms with Crippen LogP contribution in [-0.2, 0) is 9.59 Å². The van der Waals surface area contributed by atoms with Gasteiger partial charge >= 0.3 is 0 Å². The molecule has 0 saturated carbocycles. The molecule has 0 fully saturated rings. The number of nitrogens with one attached hydrogen (secondary N) is 1. The maximum Gasteiger partial charge on any atom is 0.244 e. The van der Waals surface area contributed by atoms with E-state index in [0.717, 1.165) is 23.2 Å². The molecule has 1 N–H and O–H groups in total. The molecule has 1 rings (SSSR count). The highest BCUT2D eigenvalue weighted by Gasteiger charge is 2.13. The summed E-state index contributed by atoms with van der Waals surface area (Å²) < 4.78 is 0. The zero-order valence-corrected chi connectivity index (χ0v) is 12.1. The van der Waals surface area contributed by atoms with Crippen LogP contribution in [0.15, 0.2) is 18.2 Å². The van der Waals surface area contributed by atoms with Gasteiger partial charge in [-0.2, -0.15) is 0 Å². The zero-order chi connectivity index (χ0) is 14.4. The van der Waals surface area contributed by atoms with Gasteiger partial charge in [-0.1, -0.05) is 19.1 Å². The zero-order valence-electron chi connectivity index (χ0n) is 12.1. The smallest absolute Gasteiger partial charge is 0.244 e. The number of rotatable bonds is 5. The maximum atomic E-state index is 12.0. The first-order valence-corrected chi connectivity index (χ1v) is 6.56. The molecule has 0 unspecified atom stereocenters. The third-order valence-electron chi connectivity index (χ3n) is 2.94. The quantitative estimate of drug-likeness (QED) is 0.886. The molecule has 0 saturated heterocycles. The minimum atomic E-state index is -0.155. The molecule has 104 valence electrons. The van der Waals surface area contributed by atoms with Gasteiger partial charge in [0.25, 0.3) is 0 Å². The maximum absolute atomic E-state index is 12.0. The van der Waals surface area contributed by atoms with Crippen molar-refractivity contribution in [2.24, 2.45) is 0 Å². The number of hydrogen-bond donors (Lipinski definition) is 1. The Bertz CT molecular complexity index is 469. The summed E-state index contributed by atoms with van der Waals surface area (Å²) in [6, 6.07) is 5.91. The van der Waals surface area contributed by atoms with Crippen molar-refractivity contribution in [1.29, 1.82) is 0 Å². The number of anilines is 1. The highest BCUT2D eigenvalue weighted by Crippen LogP contribution is 2.16. The Morgan fingerprint density at radius 2 is 1.95 bits per heavy atom. The molecule has 0 radical (unpaired) electrons. The topological polar surface area (TPSA) is 49.4 Å². The van der Waals surface area contributed by atoms with Crippen LogP contribution in [0.25, 0.3) is 0 Å². The molecule has 0 heterocycles. The van der Waals surface area contributed by atoms with Gasteiger partial charge in [0.05, 0.1) is 6.54 Å². The van der Waals surface area contributed by atoms with Gasteiger partial charge in [0.2, 0.25) is 11.8 Å². The van der Waals surface area contributed by atoms with E-state index in [1.807, 2.05) is 39.0 Å². The van der Waals surface area contributed by atoms with Crippen LogP contribution < -0.4 is 5.32 Å². The Morgan fingerprint density at radius 1 is 1.26 bits per heavy atom. The number of amides is 2. The summed E-state index contributed by atoms with van der Waals surface area (Å²) in [6.07, 6.45) is 0.844. The van der Waals surface area contributed by atoms with Crippen molar-refractivity contribution in [3.63, 3.8) is 0 Å². The SMILES string of the molecule is CCCN(CC(=O)Nc1cc(C)ccc1C)C(C)=O. The van der Waals surface area contributed by atoms with Crippen molar-refractivity contribution in [3.8, 4) is 0 Å². The minimum absolute atomic E-state index is 0.0713. The normalized spacial score (nSPS) is 10.1. The van der Waals surface area contributed by atoms with Crippen LogP contribution in [0.1, 0.15) is 31.4 Å². The summed E-state index contributed by atoms with van der Waals surface area (Å²) in [4.78, 5) is 24.9. The molecule has 0 aliphatic rings. The highest BCUT2D eigenvalue weighted by atomic mass is 16.2. The average molecular weight is 262 g/mol. The molecule has 1 aromatic carbocycles. The fourth-order valence-corrected chi connectivity index (χ4v) is 1.85. The van der Waals surface area contributed by atoms with E-state index >= 15 is 0 Å². The Hall–Kier alpha value is -1.84. The van der Waals surface area contributed by atoms with Crippen LogP contribution in [0.2, 0.25) is 0 Å². The summed E-state index contributed by atoms with van der Waals surface area (Å²) in [5.41, 5.74) is 2.92. The van der Waals surface area contributed by atoms with Gasteiger partial charge in [-0.15, -0.1) is 0 Å². The predicted octanol–water partition coefficient (Wildman–Crippen LogP) is 2.50. The molecule has 0 atom stereocenters. The number of benzene rings is 1. The van der Waals surface area contributed by atoms with Crippen LogP contribution in [0.4, 0.5) is 5.69 Å². The first-order chi connectivity index (χ1) is 8.93. The van der Waals surface area contributed by atoms with E-state index in [-0.39, 0.29) is 18.4 Å². The number of carbonyl (C=O) groups is 2. The first kappa shape index (κ1) is 15.2. The molecule has 1 aromatic rings.